The number of piperidine rings is 1. The van der Waals surface area contributed by atoms with E-state index in [1.807, 2.05) is 0 Å². The van der Waals surface area contributed by atoms with E-state index >= 15 is 0 Å². The minimum Gasteiger partial charge on any atom is -0.450 e. The SMILES string of the molecule is CCOC(=O)N1CCC(C([NH])=O)CC1. The van der Waals surface area contributed by atoms with Crippen LogP contribution in [0.25, 0.3) is 0 Å². The first-order chi connectivity index (χ1) is 6.65. The van der Waals surface area contributed by atoms with Crippen LogP contribution in [0, 0.1) is 5.92 Å². The molecular formula is C9H15N2O3. The Morgan fingerprint density at radius 3 is 2.43 bits per heavy atom. The lowest BCUT2D eigenvalue weighted by Crippen LogP contribution is -2.40. The summed E-state index contributed by atoms with van der Waals surface area (Å²) in [6, 6.07) is 0. The van der Waals surface area contributed by atoms with Gasteiger partial charge in [0, 0.05) is 19.0 Å². The molecule has 0 atom stereocenters. The normalized spacial score (nSPS) is 17.9. The average molecular weight is 199 g/mol. The summed E-state index contributed by atoms with van der Waals surface area (Å²) < 4.78 is 4.83. The van der Waals surface area contributed by atoms with E-state index in [0.717, 1.165) is 0 Å². The fourth-order valence-corrected chi connectivity index (χ4v) is 1.54. The smallest absolute Gasteiger partial charge is 0.409 e. The highest BCUT2D eigenvalue weighted by atomic mass is 16.6. The third-order valence-electron chi connectivity index (χ3n) is 2.39. The number of carbonyl (C=O) groups excluding carboxylic acids is 2. The Bertz CT molecular complexity index is 222. The Kier molecular flexibility index (Phi) is 3.73. The van der Waals surface area contributed by atoms with Crippen molar-refractivity contribution in [3.05, 3.63) is 0 Å². The third-order valence-corrected chi connectivity index (χ3v) is 2.39. The number of likely N-dealkylation sites (tertiary alicyclic amines) is 1. The molecule has 0 aliphatic carbocycles. The Balaban J connectivity index is 2.35. The highest BCUT2D eigenvalue weighted by Gasteiger charge is 2.26. The summed E-state index contributed by atoms with van der Waals surface area (Å²) >= 11 is 0. The van der Waals surface area contributed by atoms with Gasteiger partial charge in [0.1, 0.15) is 0 Å². The number of hydrogen-bond donors (Lipinski definition) is 0. The Morgan fingerprint density at radius 1 is 1.43 bits per heavy atom. The van der Waals surface area contributed by atoms with Crippen molar-refractivity contribution in [2.75, 3.05) is 19.7 Å². The summed E-state index contributed by atoms with van der Waals surface area (Å²) in [7, 11) is 0. The molecule has 0 aromatic heterocycles. The van der Waals surface area contributed by atoms with Crippen molar-refractivity contribution >= 4 is 12.0 Å². The molecule has 1 fully saturated rings. The number of nitrogens with zero attached hydrogens (tertiary/aromatic N) is 1. The number of rotatable bonds is 2. The van der Waals surface area contributed by atoms with Crippen molar-refractivity contribution in [2.24, 2.45) is 5.92 Å². The van der Waals surface area contributed by atoms with Crippen molar-refractivity contribution in [3.63, 3.8) is 0 Å². The van der Waals surface area contributed by atoms with Crippen LogP contribution in [0.4, 0.5) is 4.79 Å². The van der Waals surface area contributed by atoms with E-state index in [4.69, 9.17) is 10.5 Å². The molecule has 1 radical (unpaired) electrons. The number of carbonyl (C=O) groups is 2. The molecule has 14 heavy (non-hydrogen) atoms. The first-order valence-corrected chi connectivity index (χ1v) is 4.82. The molecule has 0 aromatic rings. The van der Waals surface area contributed by atoms with Crippen LogP contribution in [-0.4, -0.2) is 36.6 Å². The lowest BCUT2D eigenvalue weighted by atomic mass is 9.97. The van der Waals surface area contributed by atoms with Crippen LogP contribution in [0.3, 0.4) is 0 Å². The topological polar surface area (TPSA) is 70.4 Å². The molecule has 1 aliphatic rings. The Morgan fingerprint density at radius 2 is 2.00 bits per heavy atom. The molecule has 5 heteroatoms. The van der Waals surface area contributed by atoms with Crippen LogP contribution in [-0.2, 0) is 9.53 Å². The predicted molar refractivity (Wildman–Crippen MR) is 49.4 cm³/mol. The van der Waals surface area contributed by atoms with E-state index in [2.05, 4.69) is 0 Å². The molecule has 1 saturated heterocycles. The first-order valence-electron chi connectivity index (χ1n) is 4.82. The van der Waals surface area contributed by atoms with Gasteiger partial charge in [-0.2, -0.15) is 0 Å². The summed E-state index contributed by atoms with van der Waals surface area (Å²) in [6.45, 7) is 3.18. The van der Waals surface area contributed by atoms with E-state index in [9.17, 15) is 9.59 Å². The van der Waals surface area contributed by atoms with Gasteiger partial charge in [-0.3, -0.25) is 10.5 Å². The average Bonchev–Trinajstić information content (AvgIpc) is 2.18. The van der Waals surface area contributed by atoms with Crippen molar-refractivity contribution in [3.8, 4) is 0 Å². The molecule has 0 spiro atoms. The second kappa shape index (κ2) is 4.83. The molecule has 0 aromatic carbocycles. The second-order valence-electron chi connectivity index (χ2n) is 3.32. The lowest BCUT2D eigenvalue weighted by Gasteiger charge is -2.29. The fraction of sp³-hybridized carbons (Fsp3) is 0.778. The fourth-order valence-electron chi connectivity index (χ4n) is 1.54. The van der Waals surface area contributed by atoms with Crippen LogP contribution in [0.5, 0.6) is 0 Å². The van der Waals surface area contributed by atoms with Gasteiger partial charge in [-0.1, -0.05) is 0 Å². The molecule has 0 saturated carbocycles. The molecule has 1 aliphatic heterocycles. The Hall–Kier alpha value is -1.26. The van der Waals surface area contributed by atoms with E-state index in [1.54, 1.807) is 11.8 Å². The second-order valence-corrected chi connectivity index (χ2v) is 3.32. The summed E-state index contributed by atoms with van der Waals surface area (Å²) in [6.07, 6.45) is 0.853. The molecule has 1 rings (SSSR count). The zero-order valence-electron chi connectivity index (χ0n) is 8.28. The van der Waals surface area contributed by atoms with E-state index < -0.39 is 5.91 Å². The van der Waals surface area contributed by atoms with Crippen LogP contribution in [0.15, 0.2) is 0 Å². The summed E-state index contributed by atoms with van der Waals surface area (Å²) in [5.74, 6) is -0.714. The number of ether oxygens (including phenoxy) is 1. The lowest BCUT2D eigenvalue weighted by molar-refractivity contribution is -0.123. The van der Waals surface area contributed by atoms with Crippen LogP contribution in [0.2, 0.25) is 0 Å². The van der Waals surface area contributed by atoms with Gasteiger partial charge in [0.05, 0.1) is 6.61 Å². The molecule has 1 heterocycles. The molecular weight excluding hydrogens is 184 g/mol. The maximum atomic E-state index is 11.2. The highest BCUT2D eigenvalue weighted by molar-refractivity contribution is 5.76. The summed E-state index contributed by atoms with van der Waals surface area (Å²) in [5.41, 5.74) is 6.95. The molecule has 0 bridgehead atoms. The maximum absolute atomic E-state index is 11.2. The van der Waals surface area contributed by atoms with E-state index in [1.165, 1.54) is 0 Å². The quantitative estimate of drug-likeness (QED) is 0.656. The molecule has 2 amide bonds. The minimum atomic E-state index is -0.520. The largest absolute Gasteiger partial charge is 0.450 e. The maximum Gasteiger partial charge on any atom is 0.409 e. The van der Waals surface area contributed by atoms with Crippen molar-refractivity contribution in [1.29, 1.82) is 0 Å². The van der Waals surface area contributed by atoms with Gasteiger partial charge in [0.2, 0.25) is 5.91 Å². The first kappa shape index (κ1) is 10.8. The molecule has 0 unspecified atom stereocenters. The minimum absolute atomic E-state index is 0.194. The van der Waals surface area contributed by atoms with Gasteiger partial charge < -0.3 is 9.64 Å². The number of amides is 2. The van der Waals surface area contributed by atoms with Gasteiger partial charge in [-0.15, -0.1) is 0 Å². The molecule has 79 valence electrons. The molecule has 1 N–H and O–H groups in total. The predicted octanol–water partition coefficient (Wildman–Crippen LogP) is 0.664. The highest BCUT2D eigenvalue weighted by Crippen LogP contribution is 2.17. The number of nitrogens with one attached hydrogen (secondary N) is 1. The van der Waals surface area contributed by atoms with Crippen molar-refractivity contribution in [2.45, 2.75) is 19.8 Å². The zero-order valence-corrected chi connectivity index (χ0v) is 8.28. The van der Waals surface area contributed by atoms with Crippen molar-refractivity contribution < 1.29 is 14.3 Å². The van der Waals surface area contributed by atoms with Gasteiger partial charge in [0.15, 0.2) is 0 Å². The van der Waals surface area contributed by atoms with E-state index in [-0.39, 0.29) is 12.0 Å². The van der Waals surface area contributed by atoms with Crippen LogP contribution in [0.1, 0.15) is 19.8 Å². The van der Waals surface area contributed by atoms with Gasteiger partial charge >= 0.3 is 6.09 Å². The van der Waals surface area contributed by atoms with Crippen molar-refractivity contribution in [1.82, 2.24) is 10.6 Å². The number of hydrogen-bond acceptors (Lipinski definition) is 3. The summed E-state index contributed by atoms with van der Waals surface area (Å²) in [4.78, 5) is 23.6. The monoisotopic (exact) mass is 199 g/mol. The standard InChI is InChI=1S/C9H15N2O3/c1-2-14-9(13)11-5-3-7(4-6-11)8(10)12/h7,10H,2-6H2,1H3. The van der Waals surface area contributed by atoms with Crippen LogP contribution < -0.4 is 5.73 Å². The van der Waals surface area contributed by atoms with Gasteiger partial charge in [-0.05, 0) is 19.8 Å². The molecule has 5 nitrogen and oxygen atoms in total. The third kappa shape index (κ3) is 2.61. The Labute approximate surface area is 83.2 Å². The van der Waals surface area contributed by atoms with E-state index in [0.29, 0.717) is 32.5 Å². The van der Waals surface area contributed by atoms with Gasteiger partial charge in [-0.25, -0.2) is 4.79 Å². The van der Waals surface area contributed by atoms with Crippen LogP contribution >= 0.6 is 0 Å². The summed E-state index contributed by atoms with van der Waals surface area (Å²) in [5, 5.41) is 0. The van der Waals surface area contributed by atoms with Gasteiger partial charge in [0.25, 0.3) is 0 Å². The zero-order chi connectivity index (χ0) is 10.6.